The predicted octanol–water partition coefficient (Wildman–Crippen LogP) is 4.01. The number of hydrogen-bond acceptors (Lipinski definition) is 6. The van der Waals surface area contributed by atoms with Gasteiger partial charge >= 0.3 is 0 Å². The Balaban J connectivity index is 0.00000158. The molecule has 11 heteroatoms. The molecule has 3 aromatic rings. The predicted molar refractivity (Wildman–Crippen MR) is 139 cm³/mol. The van der Waals surface area contributed by atoms with E-state index in [4.69, 9.17) is 16.3 Å². The number of hydrogen-bond donors (Lipinski definition) is 2. The Labute approximate surface area is 209 Å². The summed E-state index contributed by atoms with van der Waals surface area (Å²) in [5, 5.41) is 8.13. The van der Waals surface area contributed by atoms with Gasteiger partial charge in [-0.05, 0) is 18.2 Å². The highest BCUT2D eigenvalue weighted by Gasteiger charge is 2.15. The summed E-state index contributed by atoms with van der Waals surface area (Å²) >= 11 is 7.36. The number of ether oxygens (including phenoxy) is 1. The molecule has 4 rings (SSSR count). The lowest BCUT2D eigenvalue weighted by Crippen LogP contribution is -2.36. The summed E-state index contributed by atoms with van der Waals surface area (Å²) < 4.78 is 7.05. The van der Waals surface area contributed by atoms with Gasteiger partial charge in [0, 0.05) is 35.9 Å². The molecule has 34 heavy (non-hydrogen) atoms. The summed E-state index contributed by atoms with van der Waals surface area (Å²) in [4.78, 5) is 31.3. The van der Waals surface area contributed by atoms with Crippen LogP contribution in [0.1, 0.15) is 24.2 Å². The van der Waals surface area contributed by atoms with Crippen molar-refractivity contribution in [2.45, 2.75) is 20.7 Å². The van der Waals surface area contributed by atoms with Crippen LogP contribution in [0.4, 0.5) is 10.8 Å². The topological polar surface area (TPSA) is 88.5 Å². The number of thiazole rings is 1. The largest absolute Gasteiger partial charge is 0.387 e. The van der Waals surface area contributed by atoms with Crippen molar-refractivity contribution in [3.8, 4) is 11.3 Å². The molecule has 1 aliphatic heterocycles. The maximum atomic E-state index is 12.3. The highest BCUT2D eigenvalue weighted by molar-refractivity contribution is 7.14. The van der Waals surface area contributed by atoms with Gasteiger partial charge in [-0.3, -0.25) is 9.59 Å². The monoisotopic (exact) mass is 500 g/mol. The van der Waals surface area contributed by atoms with Crippen molar-refractivity contribution in [1.82, 2.24) is 14.8 Å². The van der Waals surface area contributed by atoms with Crippen molar-refractivity contribution in [1.29, 1.82) is 0 Å². The van der Waals surface area contributed by atoms with E-state index in [1.54, 1.807) is 24.2 Å². The van der Waals surface area contributed by atoms with Gasteiger partial charge in [0.05, 0.1) is 36.2 Å². The highest BCUT2D eigenvalue weighted by atomic mass is 35.5. The van der Waals surface area contributed by atoms with Crippen LogP contribution in [0.3, 0.4) is 0 Å². The zero-order chi connectivity index (χ0) is 24.5. The molecule has 1 radical (unpaired) electrons. The number of carbonyl (C=O) groups excluding carboxylic acids is 2. The molecule has 179 valence electrons. The minimum atomic E-state index is -0.373. The molecule has 1 fully saturated rings. The average molecular weight is 501 g/mol. The molecule has 0 aliphatic carbocycles. The molecular formula is C23H28BClN5O3S. The van der Waals surface area contributed by atoms with E-state index in [0.717, 1.165) is 43.2 Å². The molecule has 0 unspecified atom stereocenters. The smallest absolute Gasteiger partial charge is 0.253 e. The second-order valence-electron chi connectivity index (χ2n) is 7.14. The Hall–Kier alpha value is -2.82. The average Bonchev–Trinajstić information content (AvgIpc) is 3.50. The summed E-state index contributed by atoms with van der Waals surface area (Å²) in [5.41, 5.74) is 3.28. The number of rotatable bonds is 7. The van der Waals surface area contributed by atoms with Gasteiger partial charge in [0.15, 0.2) is 5.13 Å². The van der Waals surface area contributed by atoms with Crippen LogP contribution in [0.15, 0.2) is 41.9 Å². The fraction of sp³-hybridized carbons (Fsp3) is 0.348. The molecule has 1 saturated heterocycles. The van der Waals surface area contributed by atoms with Crippen LogP contribution >= 0.6 is 22.9 Å². The highest BCUT2D eigenvalue weighted by Crippen LogP contribution is 2.28. The van der Waals surface area contributed by atoms with Gasteiger partial charge in [-0.2, -0.15) is 0 Å². The van der Waals surface area contributed by atoms with E-state index < -0.39 is 0 Å². The van der Waals surface area contributed by atoms with Crippen LogP contribution in [-0.4, -0.2) is 61.5 Å². The molecule has 8 nitrogen and oxygen atoms in total. The molecule has 2 amide bonds. The molecule has 2 N–H and O–H groups in total. The van der Waals surface area contributed by atoms with Crippen LogP contribution in [0.2, 0.25) is 12.0 Å². The second kappa shape index (κ2) is 12.6. The number of nitrogens with zero attached hydrogens (tertiary/aromatic N) is 3. The van der Waals surface area contributed by atoms with Crippen LogP contribution in [0, 0.1) is 0 Å². The molecule has 0 atom stereocenters. The third-order valence-electron chi connectivity index (χ3n) is 5.02. The SMILES string of the molecule is CC.C[B]n1cc(C(=O)NCC(=O)Nc2nc(-c3cccc(N4CCOCC4)c3)cs2)cc1Cl. The van der Waals surface area contributed by atoms with Crippen molar-refractivity contribution in [2.24, 2.45) is 0 Å². The third kappa shape index (κ3) is 6.62. The number of amides is 2. The maximum Gasteiger partial charge on any atom is 0.253 e. The summed E-state index contributed by atoms with van der Waals surface area (Å²) in [6.07, 6.45) is 1.60. The van der Waals surface area contributed by atoms with Crippen LogP contribution in [0.25, 0.3) is 11.3 Å². The van der Waals surface area contributed by atoms with Gasteiger partial charge in [-0.25, -0.2) is 4.98 Å². The van der Waals surface area contributed by atoms with E-state index in [9.17, 15) is 9.59 Å². The normalized spacial score (nSPS) is 13.0. The molecule has 0 spiro atoms. The van der Waals surface area contributed by atoms with Crippen molar-refractivity contribution in [3.63, 3.8) is 0 Å². The quantitative estimate of drug-likeness (QED) is 0.479. The Morgan fingerprint density at radius 1 is 1.24 bits per heavy atom. The maximum absolute atomic E-state index is 12.3. The van der Waals surface area contributed by atoms with Crippen molar-refractivity contribution in [3.05, 3.63) is 52.6 Å². The Kier molecular flexibility index (Phi) is 9.56. The molecular weight excluding hydrogens is 473 g/mol. The van der Waals surface area contributed by atoms with E-state index in [-0.39, 0.29) is 18.4 Å². The van der Waals surface area contributed by atoms with E-state index >= 15 is 0 Å². The van der Waals surface area contributed by atoms with Crippen LogP contribution in [-0.2, 0) is 9.53 Å². The van der Waals surface area contributed by atoms with E-state index in [0.29, 0.717) is 15.8 Å². The fourth-order valence-corrected chi connectivity index (χ4v) is 4.35. The summed E-state index contributed by atoms with van der Waals surface area (Å²) in [6, 6.07) is 9.72. The zero-order valence-corrected chi connectivity index (χ0v) is 21.1. The second-order valence-corrected chi connectivity index (χ2v) is 8.38. The van der Waals surface area contributed by atoms with E-state index in [1.807, 2.05) is 38.2 Å². The minimum Gasteiger partial charge on any atom is -0.387 e. The van der Waals surface area contributed by atoms with Crippen LogP contribution in [0.5, 0.6) is 0 Å². The lowest BCUT2D eigenvalue weighted by atomic mass is 10.0. The fourth-order valence-electron chi connectivity index (χ4n) is 3.35. The Bertz CT molecular complexity index is 1110. The first-order valence-corrected chi connectivity index (χ1v) is 12.4. The first-order valence-electron chi connectivity index (χ1n) is 11.2. The Morgan fingerprint density at radius 2 is 2.00 bits per heavy atom. The summed E-state index contributed by atoms with van der Waals surface area (Å²) in [7, 11) is 1.74. The number of benzene rings is 1. The molecule has 1 aliphatic rings. The number of nitrogens with one attached hydrogen (secondary N) is 2. The molecule has 0 saturated carbocycles. The molecule has 3 heterocycles. The van der Waals surface area contributed by atoms with Gasteiger partial charge in [0.2, 0.25) is 13.3 Å². The lowest BCUT2D eigenvalue weighted by Gasteiger charge is -2.29. The molecule has 2 aromatic heterocycles. The first kappa shape index (κ1) is 25.8. The number of morpholine rings is 1. The molecule has 0 bridgehead atoms. The van der Waals surface area contributed by atoms with E-state index in [2.05, 4.69) is 32.7 Å². The van der Waals surface area contributed by atoms with Gasteiger partial charge in [-0.1, -0.05) is 44.4 Å². The van der Waals surface area contributed by atoms with Gasteiger partial charge in [0.1, 0.15) is 0 Å². The standard InChI is InChI=1S/C21H22BClN5O3S.C2H6/c1-22-28-12-15(10-18(28)23)20(30)24-11-19(29)26-21-25-17(13-32-21)14-3-2-4-16(9-14)27-5-7-31-8-6-27;1-2/h2-4,9-10,12-13H,5-8,11H2,1H3,(H,24,30)(H,25,26,29);1-2H3. The lowest BCUT2D eigenvalue weighted by molar-refractivity contribution is -0.115. The number of halogens is 1. The van der Waals surface area contributed by atoms with Crippen LogP contribution < -0.4 is 15.5 Å². The summed E-state index contributed by atoms with van der Waals surface area (Å²) in [6.45, 7) is 8.82. The molecule has 1 aromatic carbocycles. The van der Waals surface area contributed by atoms with Gasteiger partial charge < -0.3 is 24.7 Å². The zero-order valence-electron chi connectivity index (χ0n) is 19.5. The number of carbonyl (C=O) groups is 2. The van der Waals surface area contributed by atoms with Crippen molar-refractivity contribution >= 4 is 53.0 Å². The third-order valence-corrected chi connectivity index (χ3v) is 6.08. The number of anilines is 2. The van der Waals surface area contributed by atoms with E-state index in [1.165, 1.54) is 11.3 Å². The minimum absolute atomic E-state index is 0.168. The number of aromatic nitrogens is 2. The Morgan fingerprint density at radius 3 is 2.71 bits per heavy atom. The van der Waals surface area contributed by atoms with Gasteiger partial charge in [-0.15, -0.1) is 11.3 Å². The first-order chi connectivity index (χ1) is 16.5. The summed E-state index contributed by atoms with van der Waals surface area (Å²) in [5.74, 6) is -0.726. The van der Waals surface area contributed by atoms with Gasteiger partial charge in [0.25, 0.3) is 5.91 Å². The van der Waals surface area contributed by atoms with Crippen molar-refractivity contribution in [2.75, 3.05) is 43.1 Å². The van der Waals surface area contributed by atoms with Crippen molar-refractivity contribution < 1.29 is 14.3 Å².